The van der Waals surface area contributed by atoms with Crippen molar-refractivity contribution in [3.8, 4) is 0 Å². The van der Waals surface area contributed by atoms with Crippen LogP contribution in [0.5, 0.6) is 0 Å². The molecule has 0 aliphatic rings. The van der Waals surface area contributed by atoms with E-state index in [1.165, 1.54) is 27.7 Å². The van der Waals surface area contributed by atoms with Gasteiger partial charge in [-0.05, 0) is 16.3 Å². The predicted octanol–water partition coefficient (Wildman–Crippen LogP) is 3.23. The van der Waals surface area contributed by atoms with Gasteiger partial charge in [-0.2, -0.15) is 0 Å². The van der Waals surface area contributed by atoms with Crippen molar-refractivity contribution in [3.63, 3.8) is 0 Å². The van der Waals surface area contributed by atoms with Gasteiger partial charge in [-0.25, -0.2) is 0 Å². The van der Waals surface area contributed by atoms with Gasteiger partial charge in [0.2, 0.25) is 0 Å². The summed E-state index contributed by atoms with van der Waals surface area (Å²) < 4.78 is 1.96. The van der Waals surface area contributed by atoms with Gasteiger partial charge in [-0.1, -0.05) is 42.5 Å². The van der Waals surface area contributed by atoms with Crippen LogP contribution in [0, 0.1) is 5.41 Å². The third-order valence-electron chi connectivity index (χ3n) is 2.90. The fourth-order valence-corrected chi connectivity index (χ4v) is 2.64. The molecular formula is C14H12N2S. The lowest BCUT2D eigenvalue weighted by Crippen LogP contribution is -2.12. The Labute approximate surface area is 103 Å². The molecule has 0 amide bonds. The van der Waals surface area contributed by atoms with Gasteiger partial charge in [0.15, 0.2) is 4.80 Å². The lowest BCUT2D eigenvalue weighted by Gasteiger charge is -2.07. The zero-order valence-corrected chi connectivity index (χ0v) is 10.1. The number of benzene rings is 2. The van der Waals surface area contributed by atoms with Gasteiger partial charge in [0.1, 0.15) is 0 Å². The SMILES string of the molecule is N=c1sccn1Cc1cccc2ccccc12. The summed E-state index contributed by atoms with van der Waals surface area (Å²) in [6, 6.07) is 14.7. The minimum absolute atomic E-state index is 0.595. The first kappa shape index (κ1) is 10.3. The standard InChI is InChI=1S/C14H12N2S/c15-14-16(8-9-17-14)10-12-6-3-5-11-4-1-2-7-13(11)12/h1-9,15H,10H2. The largest absolute Gasteiger partial charge is 0.320 e. The maximum atomic E-state index is 7.79. The van der Waals surface area contributed by atoms with Crippen LogP contribution in [0.4, 0.5) is 0 Å². The average Bonchev–Trinajstić information content (AvgIpc) is 2.76. The normalized spacial score (nSPS) is 10.8. The molecule has 0 aliphatic carbocycles. The van der Waals surface area contributed by atoms with E-state index >= 15 is 0 Å². The number of fused-ring (bicyclic) bond motifs is 1. The van der Waals surface area contributed by atoms with Crippen LogP contribution in [0.1, 0.15) is 5.56 Å². The van der Waals surface area contributed by atoms with E-state index in [0.717, 1.165) is 6.54 Å². The van der Waals surface area contributed by atoms with Crippen molar-refractivity contribution in [2.75, 3.05) is 0 Å². The number of hydrogen-bond donors (Lipinski definition) is 1. The van der Waals surface area contributed by atoms with E-state index in [9.17, 15) is 0 Å². The lowest BCUT2D eigenvalue weighted by molar-refractivity contribution is 0.764. The topological polar surface area (TPSA) is 28.8 Å². The molecule has 84 valence electrons. The third-order valence-corrected chi connectivity index (χ3v) is 3.62. The minimum Gasteiger partial charge on any atom is -0.320 e. The molecule has 1 heterocycles. The minimum atomic E-state index is 0.595. The molecule has 0 spiro atoms. The molecular weight excluding hydrogens is 228 g/mol. The van der Waals surface area contributed by atoms with Crippen molar-refractivity contribution in [2.24, 2.45) is 0 Å². The summed E-state index contributed by atoms with van der Waals surface area (Å²) in [6.07, 6.45) is 1.97. The molecule has 0 atom stereocenters. The smallest absolute Gasteiger partial charge is 0.182 e. The number of rotatable bonds is 2. The number of hydrogen-bond acceptors (Lipinski definition) is 2. The maximum absolute atomic E-state index is 7.79. The van der Waals surface area contributed by atoms with Crippen molar-refractivity contribution in [3.05, 3.63) is 64.4 Å². The fourth-order valence-electron chi connectivity index (χ4n) is 2.04. The second-order valence-electron chi connectivity index (χ2n) is 3.97. The zero-order chi connectivity index (χ0) is 11.7. The Hall–Kier alpha value is -1.87. The first-order valence-electron chi connectivity index (χ1n) is 5.50. The molecule has 3 heteroatoms. The van der Waals surface area contributed by atoms with Crippen molar-refractivity contribution in [1.29, 1.82) is 5.41 Å². The lowest BCUT2D eigenvalue weighted by atomic mass is 10.0. The van der Waals surface area contributed by atoms with E-state index < -0.39 is 0 Å². The molecule has 0 aliphatic heterocycles. The highest BCUT2D eigenvalue weighted by molar-refractivity contribution is 7.06. The van der Waals surface area contributed by atoms with Crippen molar-refractivity contribution in [2.45, 2.75) is 6.54 Å². The first-order valence-corrected chi connectivity index (χ1v) is 6.38. The number of thiazole rings is 1. The van der Waals surface area contributed by atoms with E-state index in [1.54, 1.807) is 0 Å². The molecule has 3 rings (SSSR count). The molecule has 0 radical (unpaired) electrons. The van der Waals surface area contributed by atoms with E-state index in [4.69, 9.17) is 5.41 Å². The second kappa shape index (κ2) is 4.18. The van der Waals surface area contributed by atoms with Crippen molar-refractivity contribution >= 4 is 22.1 Å². The molecule has 2 nitrogen and oxygen atoms in total. The second-order valence-corrected chi connectivity index (χ2v) is 4.87. The van der Waals surface area contributed by atoms with Crippen LogP contribution in [0.2, 0.25) is 0 Å². The summed E-state index contributed by atoms with van der Waals surface area (Å²) in [5, 5.41) is 12.3. The quantitative estimate of drug-likeness (QED) is 0.712. The Bertz CT molecular complexity index is 704. The summed E-state index contributed by atoms with van der Waals surface area (Å²) in [6.45, 7) is 0.768. The first-order chi connectivity index (χ1) is 8.34. The Morgan fingerprint density at radius 2 is 1.88 bits per heavy atom. The van der Waals surface area contributed by atoms with E-state index in [0.29, 0.717) is 4.80 Å². The Kier molecular flexibility index (Phi) is 2.53. The van der Waals surface area contributed by atoms with Gasteiger partial charge >= 0.3 is 0 Å². The summed E-state index contributed by atoms with van der Waals surface area (Å²) >= 11 is 1.46. The molecule has 3 aromatic rings. The number of nitrogens with one attached hydrogen (secondary N) is 1. The summed E-state index contributed by atoms with van der Waals surface area (Å²) in [4.78, 5) is 0.595. The highest BCUT2D eigenvalue weighted by atomic mass is 32.1. The molecule has 0 fully saturated rings. The van der Waals surface area contributed by atoms with Crippen LogP contribution in [-0.2, 0) is 6.54 Å². The monoisotopic (exact) mass is 240 g/mol. The fraction of sp³-hybridized carbons (Fsp3) is 0.0714. The van der Waals surface area contributed by atoms with E-state index in [2.05, 4.69) is 42.5 Å². The summed E-state index contributed by atoms with van der Waals surface area (Å²) in [5.74, 6) is 0. The number of nitrogens with zero attached hydrogens (tertiary/aromatic N) is 1. The highest BCUT2D eigenvalue weighted by Gasteiger charge is 2.01. The maximum Gasteiger partial charge on any atom is 0.182 e. The Morgan fingerprint density at radius 1 is 1.06 bits per heavy atom. The van der Waals surface area contributed by atoms with Gasteiger partial charge < -0.3 is 4.57 Å². The molecule has 0 saturated carbocycles. The van der Waals surface area contributed by atoms with E-state index in [1.807, 2.05) is 16.1 Å². The Morgan fingerprint density at radius 3 is 2.71 bits per heavy atom. The van der Waals surface area contributed by atoms with Gasteiger partial charge in [0, 0.05) is 11.6 Å². The van der Waals surface area contributed by atoms with Crippen LogP contribution in [-0.4, -0.2) is 4.57 Å². The average molecular weight is 240 g/mol. The molecule has 2 aromatic carbocycles. The van der Waals surface area contributed by atoms with Gasteiger partial charge in [-0.3, -0.25) is 5.41 Å². The van der Waals surface area contributed by atoms with Crippen molar-refractivity contribution < 1.29 is 0 Å². The predicted molar refractivity (Wildman–Crippen MR) is 71.2 cm³/mol. The third kappa shape index (κ3) is 1.89. The van der Waals surface area contributed by atoms with Crippen LogP contribution in [0.25, 0.3) is 10.8 Å². The van der Waals surface area contributed by atoms with Crippen molar-refractivity contribution in [1.82, 2.24) is 4.57 Å². The van der Waals surface area contributed by atoms with Crippen LogP contribution in [0.15, 0.2) is 54.0 Å². The van der Waals surface area contributed by atoms with Crippen LogP contribution < -0.4 is 4.80 Å². The molecule has 1 N–H and O–H groups in total. The van der Waals surface area contributed by atoms with Crippen LogP contribution >= 0.6 is 11.3 Å². The zero-order valence-electron chi connectivity index (χ0n) is 9.26. The molecule has 17 heavy (non-hydrogen) atoms. The summed E-state index contributed by atoms with van der Waals surface area (Å²) in [7, 11) is 0. The van der Waals surface area contributed by atoms with E-state index in [-0.39, 0.29) is 0 Å². The highest BCUT2D eigenvalue weighted by Crippen LogP contribution is 2.19. The van der Waals surface area contributed by atoms with Gasteiger partial charge in [0.25, 0.3) is 0 Å². The molecule has 0 saturated heterocycles. The Balaban J connectivity index is 2.12. The van der Waals surface area contributed by atoms with Gasteiger partial charge in [-0.15, -0.1) is 11.3 Å². The summed E-state index contributed by atoms with van der Waals surface area (Å²) in [5.41, 5.74) is 1.26. The molecule has 0 unspecified atom stereocenters. The number of aromatic nitrogens is 1. The van der Waals surface area contributed by atoms with Crippen LogP contribution in [0.3, 0.4) is 0 Å². The van der Waals surface area contributed by atoms with Gasteiger partial charge in [0.05, 0.1) is 6.54 Å². The molecule has 1 aromatic heterocycles. The molecule has 0 bridgehead atoms.